The summed E-state index contributed by atoms with van der Waals surface area (Å²) in [4.78, 5) is 24.3. The molecule has 0 spiro atoms. The Kier molecular flexibility index (Phi) is 5.62. The molecule has 2 N–H and O–H groups in total. The maximum absolute atomic E-state index is 12.2. The largest absolute Gasteiger partial charge is 0.339 e. The Morgan fingerprint density at radius 2 is 2.00 bits per heavy atom. The summed E-state index contributed by atoms with van der Waals surface area (Å²) in [7, 11) is 0. The lowest BCUT2D eigenvalue weighted by Crippen LogP contribution is -2.12. The van der Waals surface area contributed by atoms with Crippen LogP contribution in [-0.2, 0) is 17.0 Å². The number of aromatic amines is 1. The molecule has 7 nitrogen and oxygen atoms in total. The van der Waals surface area contributed by atoms with Gasteiger partial charge in [-0.3, -0.25) is 4.79 Å². The van der Waals surface area contributed by atoms with Crippen LogP contribution in [0, 0.1) is 13.8 Å². The van der Waals surface area contributed by atoms with Gasteiger partial charge in [0.25, 0.3) is 0 Å². The van der Waals surface area contributed by atoms with Crippen LogP contribution in [0.3, 0.4) is 0 Å². The number of nitrogens with one attached hydrogen (secondary N) is 2. The number of imidazole rings is 1. The number of hydrogen-bond donors (Lipinski definition) is 2. The molecule has 2 aromatic heterocycles. The fourth-order valence-electron chi connectivity index (χ4n) is 2.84. The molecule has 4 aromatic rings. The first-order chi connectivity index (χ1) is 14.1. The highest BCUT2D eigenvalue weighted by molar-refractivity contribution is 7.98. The van der Waals surface area contributed by atoms with Gasteiger partial charge in [0.1, 0.15) is 0 Å². The molecule has 2 heterocycles. The van der Waals surface area contributed by atoms with Crippen LogP contribution < -0.4 is 5.32 Å². The number of benzene rings is 2. The first-order valence-corrected chi connectivity index (χ1v) is 10.3. The zero-order chi connectivity index (χ0) is 20.2. The van der Waals surface area contributed by atoms with Gasteiger partial charge in [0.15, 0.2) is 11.0 Å². The van der Waals surface area contributed by atoms with Crippen molar-refractivity contribution < 1.29 is 9.32 Å². The van der Waals surface area contributed by atoms with Crippen molar-refractivity contribution in [2.75, 3.05) is 5.32 Å². The molecule has 0 fully saturated rings. The van der Waals surface area contributed by atoms with E-state index in [4.69, 9.17) is 4.52 Å². The van der Waals surface area contributed by atoms with E-state index in [0.717, 1.165) is 27.4 Å². The Labute approximate surface area is 172 Å². The predicted molar refractivity (Wildman–Crippen MR) is 113 cm³/mol. The van der Waals surface area contributed by atoms with Crippen LogP contribution in [0.4, 0.5) is 5.69 Å². The van der Waals surface area contributed by atoms with Crippen LogP contribution in [-0.4, -0.2) is 26.0 Å². The normalized spacial score (nSPS) is 11.1. The smallest absolute Gasteiger partial charge is 0.227 e. The molecule has 2 aromatic carbocycles. The lowest BCUT2D eigenvalue weighted by Gasteiger charge is -2.06. The van der Waals surface area contributed by atoms with Gasteiger partial charge in [-0.05, 0) is 49.2 Å². The number of rotatable bonds is 7. The molecule has 0 atom stereocenters. The van der Waals surface area contributed by atoms with E-state index in [1.165, 1.54) is 17.3 Å². The summed E-state index contributed by atoms with van der Waals surface area (Å²) in [5.74, 6) is 1.50. The fourth-order valence-corrected chi connectivity index (χ4v) is 3.57. The summed E-state index contributed by atoms with van der Waals surface area (Å²) in [5.41, 5.74) is 5.07. The van der Waals surface area contributed by atoms with Gasteiger partial charge in [-0.2, -0.15) is 4.98 Å². The third-order valence-corrected chi connectivity index (χ3v) is 5.44. The number of amides is 1. The van der Waals surface area contributed by atoms with E-state index in [-0.39, 0.29) is 12.3 Å². The molecule has 29 heavy (non-hydrogen) atoms. The van der Waals surface area contributed by atoms with Gasteiger partial charge in [-0.15, -0.1) is 0 Å². The number of fused-ring (bicyclic) bond motifs is 1. The van der Waals surface area contributed by atoms with E-state index in [0.29, 0.717) is 23.9 Å². The third kappa shape index (κ3) is 4.83. The number of aryl methyl sites for hydroxylation is 3. The van der Waals surface area contributed by atoms with Crippen molar-refractivity contribution in [3.63, 3.8) is 0 Å². The highest BCUT2D eigenvalue weighted by Crippen LogP contribution is 2.22. The monoisotopic (exact) mass is 407 g/mol. The minimum absolute atomic E-state index is 0.0790. The maximum Gasteiger partial charge on any atom is 0.227 e. The Morgan fingerprint density at radius 3 is 2.83 bits per heavy atom. The van der Waals surface area contributed by atoms with E-state index >= 15 is 0 Å². The quantitative estimate of drug-likeness (QED) is 0.440. The minimum Gasteiger partial charge on any atom is -0.339 e. The van der Waals surface area contributed by atoms with Crippen molar-refractivity contribution in [2.45, 2.75) is 37.6 Å². The van der Waals surface area contributed by atoms with E-state index in [2.05, 4.69) is 25.4 Å². The first kappa shape index (κ1) is 19.2. The molecular weight excluding hydrogens is 386 g/mol. The number of nitrogens with zero attached hydrogens (tertiary/aromatic N) is 3. The highest BCUT2D eigenvalue weighted by atomic mass is 32.2. The molecule has 0 saturated carbocycles. The molecular formula is C21H21N5O2S. The van der Waals surface area contributed by atoms with Gasteiger partial charge in [0.05, 0.1) is 16.8 Å². The van der Waals surface area contributed by atoms with Crippen LogP contribution in [0.1, 0.15) is 29.3 Å². The summed E-state index contributed by atoms with van der Waals surface area (Å²) in [6.45, 7) is 4.06. The van der Waals surface area contributed by atoms with Crippen molar-refractivity contribution in [1.82, 2.24) is 20.1 Å². The van der Waals surface area contributed by atoms with Gasteiger partial charge in [0, 0.05) is 18.5 Å². The number of thioether (sulfide) groups is 1. The second-order valence-electron chi connectivity index (χ2n) is 6.80. The van der Waals surface area contributed by atoms with Crippen LogP contribution in [0.2, 0.25) is 0 Å². The zero-order valence-electron chi connectivity index (χ0n) is 16.2. The summed E-state index contributed by atoms with van der Waals surface area (Å²) < 4.78 is 5.26. The van der Waals surface area contributed by atoms with Crippen LogP contribution in [0.5, 0.6) is 0 Å². The number of hydrogen-bond acceptors (Lipinski definition) is 6. The Hall–Kier alpha value is -3.13. The number of carbonyl (C=O) groups excluding carboxylic acids is 1. The molecule has 0 aliphatic rings. The second kappa shape index (κ2) is 8.48. The third-order valence-electron chi connectivity index (χ3n) is 4.57. The molecule has 0 bridgehead atoms. The van der Waals surface area contributed by atoms with E-state index in [9.17, 15) is 4.79 Å². The molecule has 148 valence electrons. The van der Waals surface area contributed by atoms with Gasteiger partial charge >= 0.3 is 0 Å². The van der Waals surface area contributed by atoms with Crippen molar-refractivity contribution in [1.29, 1.82) is 0 Å². The highest BCUT2D eigenvalue weighted by Gasteiger charge is 2.11. The lowest BCUT2D eigenvalue weighted by molar-refractivity contribution is -0.116. The molecule has 0 unspecified atom stereocenters. The van der Waals surface area contributed by atoms with E-state index in [1.807, 2.05) is 56.3 Å². The molecule has 0 radical (unpaired) electrons. The van der Waals surface area contributed by atoms with Crippen molar-refractivity contribution in [2.24, 2.45) is 0 Å². The number of para-hydroxylation sites is 2. The minimum atomic E-state index is -0.0790. The topological polar surface area (TPSA) is 96.7 Å². The van der Waals surface area contributed by atoms with Gasteiger partial charge in [0.2, 0.25) is 11.8 Å². The standard InChI is InChI=1S/C21H21N5O2S/c1-13-7-8-15(11-14(13)2)22-19(27)9-10-20-25-18(26-28-20)12-29-21-23-16-5-3-4-6-17(16)24-21/h3-8,11H,9-10,12H2,1-2H3,(H,22,27)(H,23,24). The summed E-state index contributed by atoms with van der Waals surface area (Å²) in [6.07, 6.45) is 0.685. The molecule has 0 aliphatic carbocycles. The Balaban J connectivity index is 1.27. The van der Waals surface area contributed by atoms with Crippen LogP contribution in [0.25, 0.3) is 11.0 Å². The van der Waals surface area contributed by atoms with E-state index < -0.39 is 0 Å². The summed E-state index contributed by atoms with van der Waals surface area (Å²) in [6, 6.07) is 13.7. The first-order valence-electron chi connectivity index (χ1n) is 9.33. The van der Waals surface area contributed by atoms with Gasteiger partial charge in [-0.25, -0.2) is 4.98 Å². The number of carbonyl (C=O) groups is 1. The van der Waals surface area contributed by atoms with Crippen LogP contribution >= 0.6 is 11.8 Å². The Bertz CT molecular complexity index is 1120. The SMILES string of the molecule is Cc1ccc(NC(=O)CCc2nc(CSc3nc4ccccc4[nH]3)no2)cc1C. The molecule has 0 aliphatic heterocycles. The molecule has 8 heteroatoms. The van der Waals surface area contributed by atoms with Gasteiger partial charge < -0.3 is 14.8 Å². The van der Waals surface area contributed by atoms with E-state index in [1.54, 1.807) is 0 Å². The molecule has 4 rings (SSSR count). The Morgan fingerprint density at radius 1 is 1.14 bits per heavy atom. The van der Waals surface area contributed by atoms with Gasteiger partial charge in [-0.1, -0.05) is 35.1 Å². The second-order valence-corrected chi connectivity index (χ2v) is 7.76. The predicted octanol–water partition coefficient (Wildman–Crippen LogP) is 4.43. The molecule has 1 amide bonds. The summed E-state index contributed by atoms with van der Waals surface area (Å²) >= 11 is 1.51. The maximum atomic E-state index is 12.2. The summed E-state index contributed by atoms with van der Waals surface area (Å²) in [5, 5.41) is 7.70. The average Bonchev–Trinajstić information content (AvgIpc) is 3.34. The lowest BCUT2D eigenvalue weighted by atomic mass is 10.1. The number of H-pyrrole nitrogens is 1. The van der Waals surface area contributed by atoms with Crippen molar-refractivity contribution in [3.8, 4) is 0 Å². The molecule has 0 saturated heterocycles. The zero-order valence-corrected chi connectivity index (χ0v) is 17.0. The van der Waals surface area contributed by atoms with Crippen molar-refractivity contribution >= 4 is 34.4 Å². The van der Waals surface area contributed by atoms with Crippen molar-refractivity contribution in [3.05, 3.63) is 65.3 Å². The average molecular weight is 407 g/mol. The van der Waals surface area contributed by atoms with Crippen LogP contribution in [0.15, 0.2) is 52.1 Å². The number of anilines is 1. The number of aromatic nitrogens is 4. The fraction of sp³-hybridized carbons (Fsp3) is 0.238.